The third kappa shape index (κ3) is 3.34. The lowest BCUT2D eigenvalue weighted by molar-refractivity contribution is -0.136. The van der Waals surface area contributed by atoms with Crippen LogP contribution in [0.15, 0.2) is 12.1 Å². The molecule has 3 aliphatic heterocycles. The Balaban J connectivity index is 1.62. The van der Waals surface area contributed by atoms with E-state index >= 15 is 0 Å². The van der Waals surface area contributed by atoms with Gasteiger partial charge in [-0.05, 0) is 60.4 Å². The summed E-state index contributed by atoms with van der Waals surface area (Å²) < 4.78 is 5.42. The first kappa shape index (κ1) is 17.0. The second kappa shape index (κ2) is 7.08. The van der Waals surface area contributed by atoms with Crippen LogP contribution in [0, 0.1) is 5.92 Å². The SMILES string of the molecule is CC(C)c1cc2c(c([C@@H]3CCCN3)c1)CCN(C(=O)[C@@H]1CCOC1)C2. The number of benzene rings is 1. The van der Waals surface area contributed by atoms with Crippen molar-refractivity contribution < 1.29 is 9.53 Å². The van der Waals surface area contributed by atoms with Gasteiger partial charge in [-0.15, -0.1) is 0 Å². The van der Waals surface area contributed by atoms with Crippen LogP contribution < -0.4 is 5.32 Å². The highest BCUT2D eigenvalue weighted by Gasteiger charge is 2.32. The number of nitrogens with zero attached hydrogens (tertiary/aromatic N) is 1. The van der Waals surface area contributed by atoms with E-state index in [-0.39, 0.29) is 5.92 Å². The van der Waals surface area contributed by atoms with Gasteiger partial charge in [0.1, 0.15) is 0 Å². The Bertz CT molecular complexity index is 644. The molecule has 1 aromatic carbocycles. The average molecular weight is 342 g/mol. The number of hydrogen-bond acceptors (Lipinski definition) is 3. The molecule has 0 aliphatic carbocycles. The first-order valence-corrected chi connectivity index (χ1v) is 9.89. The number of carbonyl (C=O) groups is 1. The third-order valence-corrected chi connectivity index (χ3v) is 6.09. The summed E-state index contributed by atoms with van der Waals surface area (Å²) >= 11 is 0. The molecule has 1 aromatic rings. The van der Waals surface area contributed by atoms with Gasteiger partial charge in [0, 0.05) is 25.7 Å². The van der Waals surface area contributed by atoms with E-state index in [2.05, 4.69) is 36.2 Å². The van der Waals surface area contributed by atoms with Gasteiger partial charge in [0.15, 0.2) is 0 Å². The van der Waals surface area contributed by atoms with Gasteiger partial charge in [-0.1, -0.05) is 26.0 Å². The normalized spacial score (nSPS) is 26.3. The molecule has 0 unspecified atom stereocenters. The van der Waals surface area contributed by atoms with Crippen molar-refractivity contribution >= 4 is 5.91 Å². The summed E-state index contributed by atoms with van der Waals surface area (Å²) in [7, 11) is 0. The number of carbonyl (C=O) groups excluding carboxylic acids is 1. The van der Waals surface area contributed by atoms with E-state index in [1.807, 2.05) is 0 Å². The summed E-state index contributed by atoms with van der Waals surface area (Å²) in [5, 5.41) is 3.67. The molecule has 4 heteroatoms. The maximum Gasteiger partial charge on any atom is 0.228 e. The molecule has 4 nitrogen and oxygen atoms in total. The molecule has 2 saturated heterocycles. The molecule has 136 valence electrons. The summed E-state index contributed by atoms with van der Waals surface area (Å²) in [6.07, 6.45) is 4.36. The van der Waals surface area contributed by atoms with Crippen molar-refractivity contribution in [2.75, 3.05) is 26.3 Å². The minimum atomic E-state index is 0.0748. The molecule has 0 aromatic heterocycles. The summed E-state index contributed by atoms with van der Waals surface area (Å²) in [5.41, 5.74) is 5.76. The van der Waals surface area contributed by atoms with Gasteiger partial charge < -0.3 is 15.0 Å². The van der Waals surface area contributed by atoms with E-state index in [1.165, 1.54) is 35.1 Å². The van der Waals surface area contributed by atoms with Crippen molar-refractivity contribution in [1.82, 2.24) is 10.2 Å². The van der Waals surface area contributed by atoms with Crippen LogP contribution in [0.25, 0.3) is 0 Å². The van der Waals surface area contributed by atoms with Crippen LogP contribution in [0.3, 0.4) is 0 Å². The van der Waals surface area contributed by atoms with Crippen LogP contribution in [0.4, 0.5) is 0 Å². The van der Waals surface area contributed by atoms with Gasteiger partial charge >= 0.3 is 0 Å². The number of amides is 1. The Kier molecular flexibility index (Phi) is 4.83. The van der Waals surface area contributed by atoms with E-state index in [0.29, 0.717) is 24.5 Å². The fraction of sp³-hybridized carbons (Fsp3) is 0.667. The van der Waals surface area contributed by atoms with Crippen molar-refractivity contribution in [3.63, 3.8) is 0 Å². The Hall–Kier alpha value is -1.39. The molecular weight excluding hydrogens is 312 g/mol. The molecule has 1 amide bonds. The number of hydrogen-bond donors (Lipinski definition) is 1. The number of fused-ring (bicyclic) bond motifs is 1. The van der Waals surface area contributed by atoms with Crippen molar-refractivity contribution in [1.29, 1.82) is 0 Å². The zero-order valence-corrected chi connectivity index (χ0v) is 15.5. The highest BCUT2D eigenvalue weighted by Crippen LogP contribution is 2.34. The zero-order chi connectivity index (χ0) is 17.4. The molecule has 0 saturated carbocycles. The fourth-order valence-corrected chi connectivity index (χ4v) is 4.53. The lowest BCUT2D eigenvalue weighted by Crippen LogP contribution is -2.40. The van der Waals surface area contributed by atoms with Crippen LogP contribution in [-0.4, -0.2) is 37.1 Å². The van der Waals surface area contributed by atoms with Crippen molar-refractivity contribution in [3.05, 3.63) is 34.4 Å². The lowest BCUT2D eigenvalue weighted by atomic mass is 9.85. The van der Waals surface area contributed by atoms with Crippen LogP contribution in [-0.2, 0) is 22.5 Å². The van der Waals surface area contributed by atoms with Crippen molar-refractivity contribution in [2.45, 2.75) is 58.0 Å². The molecule has 3 aliphatic rings. The second-order valence-corrected chi connectivity index (χ2v) is 8.12. The maximum absolute atomic E-state index is 12.8. The Morgan fingerprint density at radius 2 is 2.20 bits per heavy atom. The zero-order valence-electron chi connectivity index (χ0n) is 15.5. The minimum Gasteiger partial charge on any atom is -0.381 e. The van der Waals surface area contributed by atoms with Crippen LogP contribution in [0.5, 0.6) is 0 Å². The smallest absolute Gasteiger partial charge is 0.228 e. The molecule has 0 radical (unpaired) electrons. The molecule has 4 rings (SSSR count). The fourth-order valence-electron chi connectivity index (χ4n) is 4.53. The Labute approximate surface area is 150 Å². The van der Waals surface area contributed by atoms with E-state index in [9.17, 15) is 4.79 Å². The summed E-state index contributed by atoms with van der Waals surface area (Å²) in [6.45, 7) is 8.59. The summed E-state index contributed by atoms with van der Waals surface area (Å²) in [5.74, 6) is 0.879. The Morgan fingerprint density at radius 1 is 1.32 bits per heavy atom. The predicted molar refractivity (Wildman–Crippen MR) is 98.6 cm³/mol. The lowest BCUT2D eigenvalue weighted by Gasteiger charge is -2.33. The van der Waals surface area contributed by atoms with Gasteiger partial charge in [0.05, 0.1) is 12.5 Å². The van der Waals surface area contributed by atoms with Gasteiger partial charge in [-0.2, -0.15) is 0 Å². The molecule has 3 heterocycles. The molecule has 2 atom stereocenters. The molecular formula is C21H30N2O2. The van der Waals surface area contributed by atoms with Gasteiger partial charge in [-0.3, -0.25) is 4.79 Å². The topological polar surface area (TPSA) is 41.6 Å². The molecule has 0 bridgehead atoms. The number of nitrogens with one attached hydrogen (secondary N) is 1. The quantitative estimate of drug-likeness (QED) is 0.917. The molecule has 0 spiro atoms. The standard InChI is InChI=1S/C21H30N2O2/c1-14(2)16-10-17-12-23(21(24)15-6-9-25-13-15)8-5-18(17)19(11-16)20-4-3-7-22-20/h10-11,14-15,20,22H,3-9,12-13H2,1-2H3/t15-,20+/m1/s1. The largest absolute Gasteiger partial charge is 0.381 e. The monoisotopic (exact) mass is 342 g/mol. The van der Waals surface area contributed by atoms with Crippen molar-refractivity contribution in [2.24, 2.45) is 5.92 Å². The first-order valence-electron chi connectivity index (χ1n) is 9.89. The highest BCUT2D eigenvalue weighted by atomic mass is 16.5. The second-order valence-electron chi connectivity index (χ2n) is 8.12. The molecule has 2 fully saturated rings. The van der Waals surface area contributed by atoms with E-state index in [4.69, 9.17) is 4.74 Å². The number of rotatable bonds is 3. The van der Waals surface area contributed by atoms with Gasteiger partial charge in [0.2, 0.25) is 5.91 Å². The van der Waals surface area contributed by atoms with Crippen LogP contribution in [0.1, 0.15) is 67.3 Å². The highest BCUT2D eigenvalue weighted by molar-refractivity contribution is 5.79. The maximum atomic E-state index is 12.8. The average Bonchev–Trinajstić information content (AvgIpc) is 3.33. The first-order chi connectivity index (χ1) is 12.1. The predicted octanol–water partition coefficient (Wildman–Crippen LogP) is 3.16. The van der Waals surface area contributed by atoms with Gasteiger partial charge in [0.25, 0.3) is 0 Å². The van der Waals surface area contributed by atoms with Crippen LogP contribution >= 0.6 is 0 Å². The summed E-state index contributed by atoms with van der Waals surface area (Å²) in [4.78, 5) is 14.9. The Morgan fingerprint density at radius 3 is 2.88 bits per heavy atom. The summed E-state index contributed by atoms with van der Waals surface area (Å²) in [6, 6.07) is 5.27. The molecule has 1 N–H and O–H groups in total. The van der Waals surface area contributed by atoms with E-state index < -0.39 is 0 Å². The van der Waals surface area contributed by atoms with Gasteiger partial charge in [-0.25, -0.2) is 0 Å². The van der Waals surface area contributed by atoms with E-state index in [1.54, 1.807) is 0 Å². The molecule has 25 heavy (non-hydrogen) atoms. The third-order valence-electron chi connectivity index (χ3n) is 6.09. The minimum absolute atomic E-state index is 0.0748. The number of ether oxygens (including phenoxy) is 1. The van der Waals surface area contributed by atoms with Crippen LogP contribution in [0.2, 0.25) is 0 Å². The van der Waals surface area contributed by atoms with Crippen molar-refractivity contribution in [3.8, 4) is 0 Å². The van der Waals surface area contributed by atoms with E-state index in [0.717, 1.165) is 39.1 Å².